The first kappa shape index (κ1) is 22.3. The summed E-state index contributed by atoms with van der Waals surface area (Å²) in [7, 11) is 0. The monoisotopic (exact) mass is 436 g/mol. The molecular formula is C27H33ClN2O. The predicted octanol–water partition coefficient (Wildman–Crippen LogP) is 5.90. The number of unbranched alkanes of at least 4 members (excludes halogenated alkanes) is 1. The molecule has 3 aromatic rings. The van der Waals surface area contributed by atoms with Crippen LogP contribution in [-0.4, -0.2) is 47.1 Å². The van der Waals surface area contributed by atoms with Crippen LogP contribution in [0.25, 0.3) is 10.8 Å². The van der Waals surface area contributed by atoms with Crippen molar-refractivity contribution < 1.29 is 5.11 Å². The molecule has 0 bridgehead atoms. The number of aliphatic hydroxyl groups is 1. The molecule has 1 aliphatic rings. The molecule has 31 heavy (non-hydrogen) atoms. The van der Waals surface area contributed by atoms with Gasteiger partial charge in [-0.15, -0.1) is 0 Å². The van der Waals surface area contributed by atoms with Gasteiger partial charge in [-0.25, -0.2) is 0 Å². The minimum atomic E-state index is -0.490. The summed E-state index contributed by atoms with van der Waals surface area (Å²) < 4.78 is 0. The molecule has 0 radical (unpaired) electrons. The quantitative estimate of drug-likeness (QED) is 0.476. The highest BCUT2D eigenvalue weighted by atomic mass is 35.5. The van der Waals surface area contributed by atoms with E-state index >= 15 is 0 Å². The number of halogens is 1. The summed E-state index contributed by atoms with van der Waals surface area (Å²) in [5.74, 6) is 0. The second-order valence-corrected chi connectivity index (χ2v) is 9.08. The van der Waals surface area contributed by atoms with E-state index in [1.54, 1.807) is 0 Å². The average molecular weight is 437 g/mol. The number of nitrogens with zero attached hydrogens (tertiary/aromatic N) is 2. The molecular weight excluding hydrogens is 404 g/mol. The Hall–Kier alpha value is -1.91. The van der Waals surface area contributed by atoms with Gasteiger partial charge in [-0.2, -0.15) is 0 Å². The van der Waals surface area contributed by atoms with Crippen LogP contribution < -0.4 is 0 Å². The summed E-state index contributed by atoms with van der Waals surface area (Å²) in [4.78, 5) is 5.02. The maximum atomic E-state index is 11.4. The van der Waals surface area contributed by atoms with E-state index in [2.05, 4.69) is 59.2 Å². The first-order valence-corrected chi connectivity index (χ1v) is 11.9. The third-order valence-corrected chi connectivity index (χ3v) is 6.87. The number of piperazine rings is 1. The highest BCUT2D eigenvalue weighted by molar-refractivity contribution is 6.35. The second kappa shape index (κ2) is 10.6. The molecule has 1 N–H and O–H groups in total. The fraction of sp³-hybridized carbons (Fsp3) is 0.407. The maximum Gasteiger partial charge on any atom is 0.0945 e. The Bertz CT molecular complexity index is 969. The molecule has 2 unspecified atom stereocenters. The van der Waals surface area contributed by atoms with Gasteiger partial charge in [-0.1, -0.05) is 86.0 Å². The van der Waals surface area contributed by atoms with Crippen LogP contribution in [0.4, 0.5) is 0 Å². The van der Waals surface area contributed by atoms with Crippen molar-refractivity contribution in [2.75, 3.05) is 26.2 Å². The summed E-state index contributed by atoms with van der Waals surface area (Å²) in [6.07, 6.45) is 2.80. The average Bonchev–Trinajstić information content (AvgIpc) is 2.81. The van der Waals surface area contributed by atoms with Crippen molar-refractivity contribution in [1.82, 2.24) is 9.80 Å². The topological polar surface area (TPSA) is 26.7 Å². The number of rotatable bonds is 8. The molecule has 0 aliphatic carbocycles. The summed E-state index contributed by atoms with van der Waals surface area (Å²) in [6.45, 7) is 7.30. The lowest BCUT2D eigenvalue weighted by atomic mass is 9.94. The number of benzene rings is 3. The normalized spacial score (nSPS) is 17.6. The molecule has 0 aromatic heterocycles. The van der Waals surface area contributed by atoms with E-state index in [4.69, 9.17) is 11.6 Å². The molecule has 0 spiro atoms. The van der Waals surface area contributed by atoms with Crippen LogP contribution in [0.2, 0.25) is 5.02 Å². The van der Waals surface area contributed by atoms with Crippen molar-refractivity contribution in [3.63, 3.8) is 0 Å². The van der Waals surface area contributed by atoms with Gasteiger partial charge in [-0.05, 0) is 35.1 Å². The minimum Gasteiger partial charge on any atom is -0.387 e. The minimum absolute atomic E-state index is 0.149. The fourth-order valence-electron chi connectivity index (χ4n) is 4.72. The van der Waals surface area contributed by atoms with Crippen molar-refractivity contribution >= 4 is 22.4 Å². The van der Waals surface area contributed by atoms with E-state index in [9.17, 15) is 5.11 Å². The zero-order valence-electron chi connectivity index (χ0n) is 18.4. The zero-order chi connectivity index (χ0) is 21.6. The Morgan fingerprint density at radius 3 is 2.45 bits per heavy atom. The van der Waals surface area contributed by atoms with Crippen molar-refractivity contribution in [1.29, 1.82) is 0 Å². The van der Waals surface area contributed by atoms with E-state index < -0.39 is 6.10 Å². The largest absolute Gasteiger partial charge is 0.387 e. The van der Waals surface area contributed by atoms with Gasteiger partial charge < -0.3 is 5.11 Å². The Morgan fingerprint density at radius 1 is 0.935 bits per heavy atom. The number of hydrogen-bond donors (Lipinski definition) is 1. The lowest BCUT2D eigenvalue weighted by Gasteiger charge is -2.41. The zero-order valence-corrected chi connectivity index (χ0v) is 19.1. The molecule has 2 atom stereocenters. The SMILES string of the molecule is CCCCC(C(O)c1ccc2c(Cl)cccc2c1)N1CCN(Cc2ccccc2)CC1. The molecule has 1 fully saturated rings. The Morgan fingerprint density at radius 2 is 1.71 bits per heavy atom. The van der Waals surface area contributed by atoms with E-state index in [1.165, 1.54) is 5.56 Å². The van der Waals surface area contributed by atoms with Gasteiger partial charge in [0.25, 0.3) is 0 Å². The van der Waals surface area contributed by atoms with Crippen LogP contribution in [-0.2, 0) is 6.54 Å². The third kappa shape index (κ3) is 5.48. The summed E-state index contributed by atoms with van der Waals surface area (Å²) in [5.41, 5.74) is 2.36. The number of fused-ring (bicyclic) bond motifs is 1. The molecule has 1 saturated heterocycles. The van der Waals surface area contributed by atoms with Gasteiger partial charge in [0.1, 0.15) is 0 Å². The van der Waals surface area contributed by atoms with Gasteiger partial charge >= 0.3 is 0 Å². The Balaban J connectivity index is 1.46. The van der Waals surface area contributed by atoms with Crippen LogP contribution in [0.5, 0.6) is 0 Å². The van der Waals surface area contributed by atoms with Gasteiger partial charge in [0.2, 0.25) is 0 Å². The van der Waals surface area contributed by atoms with Gasteiger partial charge in [0, 0.05) is 49.2 Å². The maximum absolute atomic E-state index is 11.4. The van der Waals surface area contributed by atoms with E-state index in [1.807, 2.05) is 24.3 Å². The van der Waals surface area contributed by atoms with E-state index in [0.29, 0.717) is 0 Å². The van der Waals surface area contributed by atoms with Crippen molar-refractivity contribution in [3.05, 3.63) is 82.9 Å². The molecule has 0 amide bonds. The number of aliphatic hydroxyl groups excluding tert-OH is 1. The van der Waals surface area contributed by atoms with Crippen molar-refractivity contribution in [3.8, 4) is 0 Å². The Kier molecular flexibility index (Phi) is 7.62. The lowest BCUT2D eigenvalue weighted by molar-refractivity contribution is 0.0113. The van der Waals surface area contributed by atoms with Gasteiger partial charge in [0.05, 0.1) is 6.10 Å². The van der Waals surface area contributed by atoms with Crippen molar-refractivity contribution in [2.45, 2.75) is 44.9 Å². The molecule has 3 aromatic carbocycles. The summed E-state index contributed by atoms with van der Waals surface area (Å²) >= 11 is 6.34. The van der Waals surface area contributed by atoms with E-state index in [0.717, 1.165) is 73.3 Å². The smallest absolute Gasteiger partial charge is 0.0945 e. The molecule has 164 valence electrons. The summed E-state index contributed by atoms with van der Waals surface area (Å²) in [6, 6.07) is 23.0. The highest BCUT2D eigenvalue weighted by Gasteiger charge is 2.29. The predicted molar refractivity (Wildman–Crippen MR) is 131 cm³/mol. The molecule has 0 saturated carbocycles. The van der Waals surface area contributed by atoms with Crippen LogP contribution in [0, 0.1) is 0 Å². The van der Waals surface area contributed by atoms with Gasteiger partial charge in [0.15, 0.2) is 0 Å². The standard InChI is InChI=1S/C27H33ClN2O/c1-2-3-12-26(27(31)23-13-14-24-22(19-23)10-7-11-25(24)28)30-17-15-29(16-18-30)20-21-8-5-4-6-9-21/h4-11,13-14,19,26-27,31H,2-3,12,15-18,20H2,1H3. The first-order valence-electron chi connectivity index (χ1n) is 11.5. The van der Waals surface area contributed by atoms with Crippen LogP contribution in [0.15, 0.2) is 66.7 Å². The van der Waals surface area contributed by atoms with E-state index in [-0.39, 0.29) is 6.04 Å². The summed E-state index contributed by atoms with van der Waals surface area (Å²) in [5, 5.41) is 14.3. The highest BCUT2D eigenvalue weighted by Crippen LogP contribution is 2.30. The van der Waals surface area contributed by atoms with Crippen LogP contribution >= 0.6 is 11.6 Å². The molecule has 3 nitrogen and oxygen atoms in total. The third-order valence-electron chi connectivity index (χ3n) is 6.54. The molecule has 1 aliphatic heterocycles. The van der Waals surface area contributed by atoms with Gasteiger partial charge in [-0.3, -0.25) is 9.80 Å². The van der Waals surface area contributed by atoms with Crippen LogP contribution in [0.3, 0.4) is 0 Å². The van der Waals surface area contributed by atoms with Crippen LogP contribution in [0.1, 0.15) is 43.4 Å². The molecule has 4 heteroatoms. The molecule has 1 heterocycles. The number of hydrogen-bond acceptors (Lipinski definition) is 3. The Labute approximate surface area is 191 Å². The van der Waals surface area contributed by atoms with Crippen molar-refractivity contribution in [2.24, 2.45) is 0 Å². The first-order chi connectivity index (χ1) is 15.2. The second-order valence-electron chi connectivity index (χ2n) is 8.67. The fourth-order valence-corrected chi connectivity index (χ4v) is 4.96. The lowest BCUT2D eigenvalue weighted by Crippen LogP contribution is -2.51. The molecule has 4 rings (SSSR count).